The van der Waals surface area contributed by atoms with Gasteiger partial charge in [0.15, 0.2) is 5.78 Å². The SMILES string of the molecule is CC1=C[C@@H](O)[C@@H](O)[C@@H](O)C1=O. The molecule has 0 aromatic carbocycles. The summed E-state index contributed by atoms with van der Waals surface area (Å²) in [6.45, 7) is 1.49. The molecule has 3 N–H and O–H groups in total. The zero-order valence-electron chi connectivity index (χ0n) is 6.06. The fourth-order valence-corrected chi connectivity index (χ4v) is 1.01. The average Bonchev–Trinajstić information content (AvgIpc) is 1.97. The molecule has 0 aliphatic heterocycles. The van der Waals surface area contributed by atoms with E-state index in [1.54, 1.807) is 0 Å². The van der Waals surface area contributed by atoms with Gasteiger partial charge in [-0.25, -0.2) is 0 Å². The Labute approximate surface area is 63.8 Å². The summed E-state index contributed by atoms with van der Waals surface area (Å²) in [6, 6.07) is 0. The lowest BCUT2D eigenvalue weighted by atomic mass is 9.92. The predicted molar refractivity (Wildman–Crippen MR) is 36.8 cm³/mol. The number of hydrogen-bond donors (Lipinski definition) is 3. The summed E-state index contributed by atoms with van der Waals surface area (Å²) < 4.78 is 0. The zero-order chi connectivity index (χ0) is 8.59. The van der Waals surface area contributed by atoms with E-state index in [9.17, 15) is 4.79 Å². The zero-order valence-corrected chi connectivity index (χ0v) is 6.06. The third kappa shape index (κ3) is 1.33. The van der Waals surface area contributed by atoms with Gasteiger partial charge in [-0.15, -0.1) is 0 Å². The van der Waals surface area contributed by atoms with Crippen LogP contribution in [0, 0.1) is 0 Å². The van der Waals surface area contributed by atoms with E-state index in [2.05, 4.69) is 0 Å². The van der Waals surface area contributed by atoms with Crippen LogP contribution in [-0.2, 0) is 4.79 Å². The fourth-order valence-electron chi connectivity index (χ4n) is 1.01. The first kappa shape index (κ1) is 8.39. The molecule has 0 amide bonds. The van der Waals surface area contributed by atoms with Gasteiger partial charge >= 0.3 is 0 Å². The van der Waals surface area contributed by atoms with Crippen molar-refractivity contribution in [3.8, 4) is 0 Å². The topological polar surface area (TPSA) is 77.8 Å². The van der Waals surface area contributed by atoms with Gasteiger partial charge < -0.3 is 15.3 Å². The largest absolute Gasteiger partial charge is 0.387 e. The number of rotatable bonds is 0. The Hall–Kier alpha value is -0.710. The molecule has 62 valence electrons. The van der Waals surface area contributed by atoms with E-state index >= 15 is 0 Å². The van der Waals surface area contributed by atoms with Gasteiger partial charge in [-0.05, 0) is 18.6 Å². The first-order valence-corrected chi connectivity index (χ1v) is 3.31. The number of aliphatic hydroxyl groups is 3. The van der Waals surface area contributed by atoms with Gasteiger partial charge in [0.1, 0.15) is 18.3 Å². The summed E-state index contributed by atoms with van der Waals surface area (Å²) in [5.74, 6) is -0.525. The third-order valence-electron chi connectivity index (χ3n) is 1.75. The Morgan fingerprint density at radius 2 is 1.91 bits per heavy atom. The van der Waals surface area contributed by atoms with Crippen LogP contribution >= 0.6 is 0 Å². The van der Waals surface area contributed by atoms with Crippen LogP contribution in [0.4, 0.5) is 0 Å². The molecule has 0 saturated heterocycles. The Kier molecular flexibility index (Phi) is 2.08. The van der Waals surface area contributed by atoms with Crippen LogP contribution in [0.15, 0.2) is 11.6 Å². The summed E-state index contributed by atoms with van der Waals surface area (Å²) in [4.78, 5) is 10.9. The number of ketones is 1. The van der Waals surface area contributed by atoms with Crippen molar-refractivity contribution in [3.63, 3.8) is 0 Å². The Bertz CT molecular complexity index is 208. The van der Waals surface area contributed by atoms with E-state index in [-0.39, 0.29) is 5.57 Å². The van der Waals surface area contributed by atoms with Crippen molar-refractivity contribution in [2.24, 2.45) is 0 Å². The van der Waals surface area contributed by atoms with Crippen molar-refractivity contribution in [1.29, 1.82) is 0 Å². The van der Waals surface area contributed by atoms with Crippen molar-refractivity contribution >= 4 is 5.78 Å². The number of carbonyl (C=O) groups excluding carboxylic acids is 1. The Balaban J connectivity index is 2.92. The molecule has 1 rings (SSSR count). The van der Waals surface area contributed by atoms with Gasteiger partial charge in [0, 0.05) is 0 Å². The molecule has 0 aromatic rings. The van der Waals surface area contributed by atoms with E-state index in [1.165, 1.54) is 13.0 Å². The first-order chi connectivity index (χ1) is 5.04. The summed E-state index contributed by atoms with van der Waals surface area (Å²) in [7, 11) is 0. The third-order valence-corrected chi connectivity index (χ3v) is 1.75. The maximum Gasteiger partial charge on any atom is 0.189 e. The maximum absolute atomic E-state index is 10.9. The highest BCUT2D eigenvalue weighted by Gasteiger charge is 2.34. The van der Waals surface area contributed by atoms with E-state index in [4.69, 9.17) is 15.3 Å². The standard InChI is InChI=1S/C7H10O4/c1-3-2-4(8)6(10)7(11)5(3)9/h2,4,6-8,10-11H,1H3/t4-,6-,7+/m1/s1. The number of aliphatic hydroxyl groups excluding tert-OH is 3. The minimum atomic E-state index is -1.48. The molecule has 1 aliphatic rings. The van der Waals surface area contributed by atoms with Crippen molar-refractivity contribution in [3.05, 3.63) is 11.6 Å². The molecule has 4 nitrogen and oxygen atoms in total. The first-order valence-electron chi connectivity index (χ1n) is 3.31. The van der Waals surface area contributed by atoms with Crippen molar-refractivity contribution in [2.75, 3.05) is 0 Å². The van der Waals surface area contributed by atoms with Crippen LogP contribution in [0.1, 0.15) is 6.92 Å². The lowest BCUT2D eigenvalue weighted by Crippen LogP contribution is -2.45. The van der Waals surface area contributed by atoms with Gasteiger partial charge in [-0.2, -0.15) is 0 Å². The van der Waals surface area contributed by atoms with Crippen molar-refractivity contribution in [2.45, 2.75) is 25.2 Å². The van der Waals surface area contributed by atoms with Gasteiger partial charge in [-0.3, -0.25) is 4.79 Å². The molecule has 0 aromatic heterocycles. The highest BCUT2D eigenvalue weighted by atomic mass is 16.4. The maximum atomic E-state index is 10.9. The molecular weight excluding hydrogens is 148 g/mol. The Morgan fingerprint density at radius 1 is 1.36 bits per heavy atom. The second-order valence-electron chi connectivity index (χ2n) is 2.64. The predicted octanol–water partition coefficient (Wildman–Crippen LogP) is -1.40. The molecule has 0 fully saturated rings. The van der Waals surface area contributed by atoms with Gasteiger partial charge in [0.25, 0.3) is 0 Å². The van der Waals surface area contributed by atoms with E-state index in [0.717, 1.165) is 0 Å². The molecule has 0 saturated carbocycles. The monoisotopic (exact) mass is 158 g/mol. The normalized spacial score (nSPS) is 38.7. The molecule has 4 heteroatoms. The van der Waals surface area contributed by atoms with Crippen LogP contribution in [-0.4, -0.2) is 39.4 Å². The molecule has 0 unspecified atom stereocenters. The van der Waals surface area contributed by atoms with Gasteiger partial charge in [-0.1, -0.05) is 0 Å². The molecule has 11 heavy (non-hydrogen) atoms. The van der Waals surface area contributed by atoms with Crippen LogP contribution in [0.5, 0.6) is 0 Å². The summed E-state index contributed by atoms with van der Waals surface area (Å²) >= 11 is 0. The average molecular weight is 158 g/mol. The van der Waals surface area contributed by atoms with Crippen LogP contribution in [0.3, 0.4) is 0 Å². The molecule has 3 atom stereocenters. The lowest BCUT2D eigenvalue weighted by Gasteiger charge is -2.24. The van der Waals surface area contributed by atoms with Crippen LogP contribution < -0.4 is 0 Å². The molecular formula is C7H10O4. The van der Waals surface area contributed by atoms with Crippen molar-refractivity contribution < 1.29 is 20.1 Å². The minimum Gasteiger partial charge on any atom is -0.387 e. The summed E-state index contributed by atoms with van der Waals surface area (Å²) in [6.07, 6.45) is -2.76. The smallest absolute Gasteiger partial charge is 0.189 e. The summed E-state index contributed by atoms with van der Waals surface area (Å²) in [5.41, 5.74) is 0.287. The molecule has 1 aliphatic carbocycles. The minimum absolute atomic E-state index is 0.287. The molecule has 0 radical (unpaired) electrons. The van der Waals surface area contributed by atoms with Gasteiger partial charge in [0.2, 0.25) is 0 Å². The second-order valence-corrected chi connectivity index (χ2v) is 2.64. The number of Topliss-reactive ketones (excluding diaryl/α,β-unsaturated/α-hetero) is 1. The Morgan fingerprint density at radius 3 is 2.45 bits per heavy atom. The fraction of sp³-hybridized carbons (Fsp3) is 0.571. The van der Waals surface area contributed by atoms with Crippen LogP contribution in [0.25, 0.3) is 0 Å². The quantitative estimate of drug-likeness (QED) is 0.405. The van der Waals surface area contributed by atoms with Crippen molar-refractivity contribution in [1.82, 2.24) is 0 Å². The van der Waals surface area contributed by atoms with Gasteiger partial charge in [0.05, 0.1) is 0 Å². The van der Waals surface area contributed by atoms with E-state index in [1.807, 2.05) is 0 Å². The molecule has 0 heterocycles. The lowest BCUT2D eigenvalue weighted by molar-refractivity contribution is -0.134. The van der Waals surface area contributed by atoms with Crippen LogP contribution in [0.2, 0.25) is 0 Å². The summed E-state index contributed by atoms with van der Waals surface area (Å²) in [5, 5.41) is 27.0. The number of hydrogen-bond acceptors (Lipinski definition) is 4. The van der Waals surface area contributed by atoms with E-state index < -0.39 is 24.1 Å². The molecule has 0 bridgehead atoms. The number of carbonyl (C=O) groups is 1. The van der Waals surface area contributed by atoms with E-state index in [0.29, 0.717) is 0 Å². The highest BCUT2D eigenvalue weighted by molar-refractivity contribution is 5.99. The highest BCUT2D eigenvalue weighted by Crippen LogP contribution is 2.15. The molecule has 0 spiro atoms. The second kappa shape index (κ2) is 2.73.